The number of hydrogen-bond donors (Lipinski definition) is 1. The number of rotatable bonds is 6. The Hall–Kier alpha value is -1.40. The molecule has 1 aromatic rings. The van der Waals surface area contributed by atoms with Gasteiger partial charge in [-0.3, -0.25) is 0 Å². The van der Waals surface area contributed by atoms with Crippen LogP contribution in [0.15, 0.2) is 18.2 Å². The van der Waals surface area contributed by atoms with E-state index >= 15 is 0 Å². The van der Waals surface area contributed by atoms with E-state index in [-0.39, 0.29) is 12.6 Å². The van der Waals surface area contributed by atoms with Crippen molar-refractivity contribution in [3.8, 4) is 11.5 Å². The van der Waals surface area contributed by atoms with Gasteiger partial charge in [0.05, 0.1) is 12.6 Å². The van der Waals surface area contributed by atoms with Crippen LogP contribution >= 0.6 is 0 Å². The van der Waals surface area contributed by atoms with Crippen molar-refractivity contribution < 1.29 is 23.0 Å². The van der Waals surface area contributed by atoms with Crippen molar-refractivity contribution in [3.05, 3.63) is 23.8 Å². The van der Waals surface area contributed by atoms with Crippen LogP contribution in [0.2, 0.25) is 0 Å². The maximum absolute atomic E-state index is 12.0. The highest BCUT2D eigenvalue weighted by Gasteiger charge is 2.16. The number of likely N-dealkylation sites (N-methyl/N-ethyl adjacent to an activating group) is 1. The Labute approximate surface area is 110 Å². The predicted molar refractivity (Wildman–Crippen MR) is 66.1 cm³/mol. The molecule has 0 aliphatic carbocycles. The summed E-state index contributed by atoms with van der Waals surface area (Å²) >= 11 is 0. The Balaban J connectivity index is 2.01. The smallest absolute Gasteiger partial charge is 0.261 e. The molecule has 0 aromatic heterocycles. The topological polar surface area (TPSA) is 39.7 Å². The zero-order valence-electron chi connectivity index (χ0n) is 10.7. The molecule has 0 saturated carbocycles. The van der Waals surface area contributed by atoms with Crippen molar-refractivity contribution in [2.24, 2.45) is 0 Å². The van der Waals surface area contributed by atoms with Gasteiger partial charge in [0.1, 0.15) is 19.8 Å². The average Bonchev–Trinajstić information content (AvgIpc) is 2.43. The highest BCUT2D eigenvalue weighted by Crippen LogP contribution is 2.32. The van der Waals surface area contributed by atoms with Gasteiger partial charge in [0.25, 0.3) is 6.43 Å². The minimum Gasteiger partial charge on any atom is -0.486 e. The molecule has 1 aliphatic rings. The fourth-order valence-electron chi connectivity index (χ4n) is 1.90. The van der Waals surface area contributed by atoms with Crippen molar-refractivity contribution in [2.45, 2.75) is 12.5 Å². The normalized spacial score (nSPS) is 15.6. The number of fused-ring (bicyclic) bond motifs is 1. The maximum atomic E-state index is 12.0. The van der Waals surface area contributed by atoms with E-state index in [0.717, 1.165) is 5.56 Å². The molecular weight excluding hydrogens is 256 g/mol. The number of benzene rings is 1. The maximum Gasteiger partial charge on any atom is 0.261 e. The van der Waals surface area contributed by atoms with Crippen LogP contribution in [0, 0.1) is 0 Å². The summed E-state index contributed by atoms with van der Waals surface area (Å²) in [5.41, 5.74) is 0.918. The predicted octanol–water partition coefficient (Wildman–Crippen LogP) is 2.00. The van der Waals surface area contributed by atoms with Gasteiger partial charge >= 0.3 is 0 Å². The van der Waals surface area contributed by atoms with Crippen molar-refractivity contribution in [1.82, 2.24) is 5.32 Å². The molecule has 106 valence electrons. The summed E-state index contributed by atoms with van der Waals surface area (Å²) in [6.07, 6.45) is -2.45. The van der Waals surface area contributed by atoms with Crippen LogP contribution in [0.5, 0.6) is 11.5 Å². The number of ether oxygens (including phenoxy) is 3. The second-order valence-electron chi connectivity index (χ2n) is 4.17. The minimum atomic E-state index is -2.45. The molecule has 6 heteroatoms. The fraction of sp³-hybridized carbons (Fsp3) is 0.538. The Morgan fingerprint density at radius 1 is 1.21 bits per heavy atom. The van der Waals surface area contributed by atoms with Gasteiger partial charge in [0.2, 0.25) is 0 Å². The number of hydrogen-bond acceptors (Lipinski definition) is 4. The Morgan fingerprint density at radius 3 is 2.63 bits per heavy atom. The molecule has 4 nitrogen and oxygen atoms in total. The lowest BCUT2D eigenvalue weighted by Crippen LogP contribution is -2.23. The third kappa shape index (κ3) is 3.78. The van der Waals surface area contributed by atoms with Crippen LogP contribution in [0.4, 0.5) is 8.78 Å². The molecule has 1 aromatic carbocycles. The zero-order valence-corrected chi connectivity index (χ0v) is 10.7. The molecule has 1 unspecified atom stereocenters. The van der Waals surface area contributed by atoms with Gasteiger partial charge in [0.15, 0.2) is 11.5 Å². The minimum absolute atomic E-state index is 0.158. The van der Waals surface area contributed by atoms with Gasteiger partial charge in [-0.25, -0.2) is 8.78 Å². The SMILES string of the molecule is CNC(COCC(F)F)c1ccc2c(c1)OCCO2. The summed E-state index contributed by atoms with van der Waals surface area (Å²) in [7, 11) is 1.76. The Kier molecular flexibility index (Phi) is 4.93. The van der Waals surface area contributed by atoms with Crippen molar-refractivity contribution in [1.29, 1.82) is 0 Å². The Morgan fingerprint density at radius 2 is 1.95 bits per heavy atom. The third-order valence-electron chi connectivity index (χ3n) is 2.85. The summed E-state index contributed by atoms with van der Waals surface area (Å²) in [6.45, 7) is 0.686. The van der Waals surface area contributed by atoms with Crippen LogP contribution in [0.3, 0.4) is 0 Å². The zero-order chi connectivity index (χ0) is 13.7. The first-order valence-corrected chi connectivity index (χ1v) is 6.13. The van der Waals surface area contributed by atoms with E-state index in [1.54, 1.807) is 7.05 Å². The lowest BCUT2D eigenvalue weighted by atomic mass is 10.1. The lowest BCUT2D eigenvalue weighted by molar-refractivity contribution is 0.00982. The molecule has 0 spiro atoms. The first kappa shape index (κ1) is 14.0. The fourth-order valence-corrected chi connectivity index (χ4v) is 1.90. The highest BCUT2D eigenvalue weighted by molar-refractivity contribution is 5.44. The summed E-state index contributed by atoms with van der Waals surface area (Å²) in [5, 5.41) is 3.03. The van der Waals surface area contributed by atoms with Gasteiger partial charge < -0.3 is 19.5 Å². The van der Waals surface area contributed by atoms with Crippen molar-refractivity contribution >= 4 is 0 Å². The van der Waals surface area contributed by atoms with E-state index in [4.69, 9.17) is 14.2 Å². The summed E-state index contributed by atoms with van der Waals surface area (Å²) in [4.78, 5) is 0. The van der Waals surface area contributed by atoms with Crippen molar-refractivity contribution in [2.75, 3.05) is 33.5 Å². The number of halogens is 2. The van der Waals surface area contributed by atoms with Gasteiger partial charge in [-0.2, -0.15) is 0 Å². The van der Waals surface area contributed by atoms with Crippen LogP contribution in [-0.2, 0) is 4.74 Å². The molecule has 0 amide bonds. The molecular formula is C13H17F2NO3. The lowest BCUT2D eigenvalue weighted by Gasteiger charge is -2.22. The first-order valence-electron chi connectivity index (χ1n) is 6.13. The highest BCUT2D eigenvalue weighted by atomic mass is 19.3. The van der Waals surface area contributed by atoms with E-state index < -0.39 is 13.0 Å². The molecule has 0 fully saturated rings. The Bertz CT molecular complexity index is 415. The van der Waals surface area contributed by atoms with E-state index in [2.05, 4.69) is 5.32 Å². The average molecular weight is 273 g/mol. The summed E-state index contributed by atoms with van der Waals surface area (Å²) in [6, 6.07) is 5.39. The molecule has 0 saturated heterocycles. The second kappa shape index (κ2) is 6.68. The molecule has 0 radical (unpaired) electrons. The molecule has 1 N–H and O–H groups in total. The molecule has 2 rings (SSSR count). The van der Waals surface area contributed by atoms with Crippen LogP contribution in [0.1, 0.15) is 11.6 Å². The van der Waals surface area contributed by atoms with Crippen LogP contribution in [0.25, 0.3) is 0 Å². The van der Waals surface area contributed by atoms with Crippen LogP contribution < -0.4 is 14.8 Å². The third-order valence-corrected chi connectivity index (χ3v) is 2.85. The second-order valence-corrected chi connectivity index (χ2v) is 4.17. The summed E-state index contributed by atoms with van der Waals surface area (Å²) < 4.78 is 39.9. The van der Waals surface area contributed by atoms with E-state index in [0.29, 0.717) is 24.7 Å². The van der Waals surface area contributed by atoms with Crippen LogP contribution in [-0.4, -0.2) is 39.9 Å². The monoisotopic (exact) mass is 273 g/mol. The van der Waals surface area contributed by atoms with E-state index in [1.165, 1.54) is 0 Å². The molecule has 19 heavy (non-hydrogen) atoms. The van der Waals surface area contributed by atoms with Gasteiger partial charge in [0, 0.05) is 0 Å². The number of nitrogens with one attached hydrogen (secondary N) is 1. The first-order chi connectivity index (χ1) is 9.20. The quantitative estimate of drug-likeness (QED) is 0.860. The summed E-state index contributed by atoms with van der Waals surface area (Å²) in [5.74, 6) is 1.39. The molecule has 1 aliphatic heterocycles. The van der Waals surface area contributed by atoms with Crippen molar-refractivity contribution in [3.63, 3.8) is 0 Å². The van der Waals surface area contributed by atoms with E-state index in [9.17, 15) is 8.78 Å². The number of alkyl halides is 2. The molecule has 1 atom stereocenters. The van der Waals surface area contributed by atoms with E-state index in [1.807, 2.05) is 18.2 Å². The van der Waals surface area contributed by atoms with Gasteiger partial charge in [-0.05, 0) is 24.7 Å². The standard InChI is InChI=1S/C13H17F2NO3/c1-16-10(7-17-8-13(14)15)9-2-3-11-12(6-9)19-5-4-18-11/h2-3,6,10,13,16H,4-5,7-8H2,1H3. The van der Waals surface area contributed by atoms with Gasteiger partial charge in [-0.15, -0.1) is 0 Å². The molecule has 0 bridgehead atoms. The largest absolute Gasteiger partial charge is 0.486 e. The molecule has 1 heterocycles. The van der Waals surface area contributed by atoms with Gasteiger partial charge in [-0.1, -0.05) is 6.07 Å².